The molecule has 0 spiro atoms. The first-order valence-corrected chi connectivity index (χ1v) is 0. The van der Waals surface area contributed by atoms with E-state index in [1.807, 2.05) is 0 Å². The maximum Gasteiger partial charge on any atom is 0 e. The molecular formula is H5CoNOSi. The van der Waals surface area contributed by atoms with Crippen LogP contribution < -0.4 is 6.15 Å². The molecule has 0 aromatic rings. The van der Waals surface area contributed by atoms with Crippen LogP contribution in [0.5, 0.6) is 0 Å². The Morgan fingerprint density at radius 1 is 1.00 bits per heavy atom. The van der Waals surface area contributed by atoms with Gasteiger partial charge in [-0.05, 0) is 0 Å². The van der Waals surface area contributed by atoms with Crippen molar-refractivity contribution in [2.75, 3.05) is 0 Å². The normalized spacial score (nSPS) is 0. The van der Waals surface area contributed by atoms with Crippen LogP contribution in [0.2, 0.25) is 0 Å². The van der Waals surface area contributed by atoms with Gasteiger partial charge in [0.25, 0.3) is 0 Å². The van der Waals surface area contributed by atoms with Gasteiger partial charge in [0, 0.05) is 27.7 Å². The maximum absolute atomic E-state index is 0. The van der Waals surface area contributed by atoms with E-state index in [2.05, 4.69) is 0 Å². The van der Waals surface area contributed by atoms with Gasteiger partial charge in [-0.2, -0.15) is 0 Å². The van der Waals surface area contributed by atoms with Crippen molar-refractivity contribution in [1.82, 2.24) is 6.15 Å². The summed E-state index contributed by atoms with van der Waals surface area (Å²) < 4.78 is 0. The van der Waals surface area contributed by atoms with Crippen molar-refractivity contribution in [3.63, 3.8) is 0 Å². The van der Waals surface area contributed by atoms with Gasteiger partial charge in [0.05, 0.1) is 0 Å². The summed E-state index contributed by atoms with van der Waals surface area (Å²) >= 11 is 0. The molecule has 0 heterocycles. The molecule has 2 nitrogen and oxygen atoms in total. The van der Waals surface area contributed by atoms with E-state index in [1.165, 1.54) is 0 Å². The van der Waals surface area contributed by atoms with Gasteiger partial charge < -0.3 is 11.6 Å². The van der Waals surface area contributed by atoms with Gasteiger partial charge in [-0.15, -0.1) is 0 Å². The van der Waals surface area contributed by atoms with Crippen molar-refractivity contribution in [3.05, 3.63) is 0 Å². The van der Waals surface area contributed by atoms with Gasteiger partial charge in [-0.3, -0.25) is 0 Å². The van der Waals surface area contributed by atoms with E-state index in [9.17, 15) is 0 Å². The summed E-state index contributed by atoms with van der Waals surface area (Å²) in [7, 11) is 0. The molecule has 5 N–H and O–H groups in total. The molecule has 0 atom stereocenters. The molecule has 0 amide bonds. The summed E-state index contributed by atoms with van der Waals surface area (Å²) in [6.07, 6.45) is 0. The topological polar surface area (TPSA) is 66.5 Å². The minimum Gasteiger partial charge on any atom is -0.412 e. The molecule has 4 heavy (non-hydrogen) atoms. The molecule has 0 aromatic carbocycles. The van der Waals surface area contributed by atoms with Crippen LogP contribution in [0.1, 0.15) is 0 Å². The molecule has 0 fully saturated rings. The Hall–Kier alpha value is 0.643. The van der Waals surface area contributed by atoms with Crippen molar-refractivity contribution < 1.29 is 22.3 Å². The molecule has 0 aliphatic carbocycles. The van der Waals surface area contributed by atoms with Crippen LogP contribution >= 0.6 is 0 Å². The van der Waals surface area contributed by atoms with E-state index in [1.54, 1.807) is 0 Å². The molecule has 4 heteroatoms. The Bertz CT molecular complexity index is 8.00. The minimum absolute atomic E-state index is 0. The Morgan fingerprint density at radius 3 is 1.00 bits per heavy atom. The second-order valence-electron chi connectivity index (χ2n) is 0. The van der Waals surface area contributed by atoms with Crippen molar-refractivity contribution in [3.8, 4) is 0 Å². The smallest absolute Gasteiger partial charge is 0 e. The van der Waals surface area contributed by atoms with Crippen molar-refractivity contribution in [1.29, 1.82) is 0 Å². The van der Waals surface area contributed by atoms with Crippen LogP contribution in [-0.4, -0.2) is 16.4 Å². The van der Waals surface area contributed by atoms with E-state index >= 15 is 0 Å². The predicted molar refractivity (Wildman–Crippen MR) is 14.4 cm³/mol. The van der Waals surface area contributed by atoms with Gasteiger partial charge in [0.2, 0.25) is 0 Å². The first kappa shape index (κ1) is 149. The fourth-order valence-corrected chi connectivity index (χ4v) is 0. The largest absolute Gasteiger partial charge is 0.412 e. The molecule has 0 aliphatic rings. The first-order valence-electron chi connectivity index (χ1n) is 0. The van der Waals surface area contributed by atoms with E-state index < -0.39 is 0 Å². The molecule has 0 aliphatic heterocycles. The fraction of sp³-hybridized carbons (Fsp3) is 0. The summed E-state index contributed by atoms with van der Waals surface area (Å²) in [5.74, 6) is 0. The Kier molecular flexibility index (Phi) is 2290. The van der Waals surface area contributed by atoms with Crippen LogP contribution in [-0.2, 0) is 16.8 Å². The quantitative estimate of drug-likeness (QED) is 0.409. The summed E-state index contributed by atoms with van der Waals surface area (Å²) in [4.78, 5) is 0. The molecule has 0 saturated heterocycles. The zero-order valence-corrected chi connectivity index (χ0v) is 4.08. The third-order valence-corrected chi connectivity index (χ3v) is 0. The van der Waals surface area contributed by atoms with Crippen LogP contribution in [0.15, 0.2) is 0 Å². The molecule has 29 valence electrons. The third kappa shape index (κ3) is 17.2. The number of hydrogen-bond donors (Lipinski definition) is 1. The number of rotatable bonds is 0. The Labute approximate surface area is 40.1 Å². The van der Waals surface area contributed by atoms with Gasteiger partial charge in [-0.1, -0.05) is 0 Å². The van der Waals surface area contributed by atoms with Crippen molar-refractivity contribution in [2.45, 2.75) is 0 Å². The van der Waals surface area contributed by atoms with Crippen LogP contribution in [0, 0.1) is 0 Å². The van der Waals surface area contributed by atoms with Gasteiger partial charge >= 0.3 is 0 Å². The van der Waals surface area contributed by atoms with Crippen LogP contribution in [0.25, 0.3) is 0 Å². The maximum atomic E-state index is 0. The van der Waals surface area contributed by atoms with Crippen LogP contribution in [0.4, 0.5) is 0 Å². The number of hydrogen-bond acceptors (Lipinski definition) is 1. The Morgan fingerprint density at radius 2 is 1.00 bits per heavy atom. The minimum atomic E-state index is 0. The average Bonchev–Trinajstić information content (AvgIpc) is 0. The first-order chi connectivity index (χ1) is 0. The second-order valence-corrected chi connectivity index (χ2v) is 0. The molecule has 0 rings (SSSR count). The standard InChI is InChI=1S/Co.H3N.H2O.Si/h;1H3;1H2;. The molecular weight excluding hydrogens is 117 g/mol. The van der Waals surface area contributed by atoms with Crippen LogP contribution in [0.3, 0.4) is 0 Å². The van der Waals surface area contributed by atoms with E-state index in [0.29, 0.717) is 0 Å². The van der Waals surface area contributed by atoms with Crippen molar-refractivity contribution >= 4 is 11.0 Å². The van der Waals surface area contributed by atoms with E-state index in [-0.39, 0.29) is 39.4 Å². The predicted octanol–water partition coefficient (Wildman–Crippen LogP) is -1.05. The zero-order chi connectivity index (χ0) is 0. The SMILES string of the molecule is N.O.[Co].[Si]. The fourth-order valence-electron chi connectivity index (χ4n) is 0. The monoisotopic (exact) mass is 122 g/mol. The molecule has 0 aromatic heterocycles. The molecule has 0 saturated carbocycles. The Balaban J connectivity index is 0. The summed E-state index contributed by atoms with van der Waals surface area (Å²) in [6.45, 7) is 0. The summed E-state index contributed by atoms with van der Waals surface area (Å²) in [5.41, 5.74) is 0. The molecule has 0 bridgehead atoms. The molecule has 5 radical (unpaired) electrons. The summed E-state index contributed by atoms with van der Waals surface area (Å²) in [5, 5.41) is 0. The van der Waals surface area contributed by atoms with Gasteiger partial charge in [0.1, 0.15) is 0 Å². The third-order valence-electron chi connectivity index (χ3n) is 0. The molecule has 0 unspecified atom stereocenters. The van der Waals surface area contributed by atoms with Gasteiger partial charge in [-0.25, -0.2) is 0 Å². The van der Waals surface area contributed by atoms with Crippen molar-refractivity contribution in [2.24, 2.45) is 0 Å². The van der Waals surface area contributed by atoms with E-state index in [4.69, 9.17) is 0 Å². The summed E-state index contributed by atoms with van der Waals surface area (Å²) in [6, 6.07) is 0. The average molecular weight is 122 g/mol. The van der Waals surface area contributed by atoms with Gasteiger partial charge in [0.15, 0.2) is 0 Å². The second kappa shape index (κ2) is 61.5. The van der Waals surface area contributed by atoms with E-state index in [0.717, 1.165) is 0 Å². The zero-order valence-electron chi connectivity index (χ0n) is 2.04.